The number of pyridine rings is 1. The maximum absolute atomic E-state index is 8.74. The van der Waals surface area contributed by atoms with E-state index in [0.29, 0.717) is 0 Å². The molecule has 0 saturated carbocycles. The summed E-state index contributed by atoms with van der Waals surface area (Å²) in [6.45, 7) is 0. The second kappa shape index (κ2) is 2.35. The number of hydrogen-bond acceptors (Lipinski definition) is 2. The van der Waals surface area contributed by atoms with Crippen LogP contribution in [0, 0.1) is 11.3 Å². The van der Waals surface area contributed by atoms with E-state index in [-0.39, 0.29) is 5.92 Å². The zero-order valence-electron chi connectivity index (χ0n) is 6.12. The highest BCUT2D eigenvalue weighted by Crippen LogP contribution is 2.30. The minimum absolute atomic E-state index is 0.0960. The lowest BCUT2D eigenvalue weighted by atomic mass is 10.1. The number of hydrogen-bond donors (Lipinski definition) is 0. The molecule has 0 spiro atoms. The van der Waals surface area contributed by atoms with Crippen LogP contribution >= 0.6 is 0 Å². The first-order chi connectivity index (χ1) is 5.42. The average Bonchev–Trinajstić information content (AvgIpc) is 2.47. The van der Waals surface area contributed by atoms with Gasteiger partial charge in [0.2, 0.25) is 0 Å². The molecule has 0 N–H and O–H groups in total. The molecule has 54 valence electrons. The number of aromatic nitrogens is 1. The van der Waals surface area contributed by atoms with Crippen molar-refractivity contribution in [3.8, 4) is 6.07 Å². The lowest BCUT2D eigenvalue weighted by molar-refractivity contribution is 0.822. The quantitative estimate of drug-likeness (QED) is 0.555. The maximum atomic E-state index is 8.74. The summed E-state index contributed by atoms with van der Waals surface area (Å²) >= 11 is 0. The van der Waals surface area contributed by atoms with Gasteiger partial charge in [-0.1, -0.05) is 6.07 Å². The van der Waals surface area contributed by atoms with E-state index in [0.717, 1.165) is 24.1 Å². The zero-order valence-corrected chi connectivity index (χ0v) is 6.12. The van der Waals surface area contributed by atoms with Crippen LogP contribution in [-0.4, -0.2) is 4.98 Å². The highest BCUT2D eigenvalue weighted by Gasteiger charge is 2.21. The van der Waals surface area contributed by atoms with Gasteiger partial charge in [-0.15, -0.1) is 0 Å². The van der Waals surface area contributed by atoms with Crippen molar-refractivity contribution in [3.63, 3.8) is 0 Å². The number of nitrogens with zero attached hydrogens (tertiary/aromatic N) is 2. The molecular weight excluding hydrogens is 136 g/mol. The van der Waals surface area contributed by atoms with Gasteiger partial charge in [-0.3, -0.25) is 4.98 Å². The fraction of sp³-hybridized carbons (Fsp3) is 0.333. The van der Waals surface area contributed by atoms with Crippen molar-refractivity contribution in [2.75, 3.05) is 0 Å². The molecular formula is C9H8N2. The smallest absolute Gasteiger partial charge is 0.0734 e. The monoisotopic (exact) mass is 144 g/mol. The van der Waals surface area contributed by atoms with E-state index in [1.54, 1.807) is 6.20 Å². The minimum Gasteiger partial charge on any atom is -0.261 e. The van der Waals surface area contributed by atoms with Crippen LogP contribution < -0.4 is 0 Å². The highest BCUT2D eigenvalue weighted by molar-refractivity contribution is 5.33. The van der Waals surface area contributed by atoms with Crippen LogP contribution in [0.3, 0.4) is 0 Å². The fourth-order valence-electron chi connectivity index (χ4n) is 1.55. The molecule has 1 aliphatic carbocycles. The van der Waals surface area contributed by atoms with E-state index in [9.17, 15) is 0 Å². The summed E-state index contributed by atoms with van der Waals surface area (Å²) in [7, 11) is 0. The predicted octanol–water partition coefficient (Wildman–Crippen LogP) is 1.63. The molecule has 2 nitrogen and oxygen atoms in total. The third-order valence-corrected chi connectivity index (χ3v) is 2.13. The molecule has 2 rings (SSSR count). The third-order valence-electron chi connectivity index (χ3n) is 2.13. The Balaban J connectivity index is 2.49. The maximum Gasteiger partial charge on any atom is 0.0734 e. The molecule has 1 aliphatic rings. The largest absolute Gasteiger partial charge is 0.261 e. The molecule has 0 radical (unpaired) electrons. The Kier molecular flexibility index (Phi) is 1.36. The minimum atomic E-state index is 0.0960. The first kappa shape index (κ1) is 6.36. The summed E-state index contributed by atoms with van der Waals surface area (Å²) in [5.41, 5.74) is 2.24. The first-order valence-corrected chi connectivity index (χ1v) is 3.75. The molecule has 2 heteroatoms. The van der Waals surface area contributed by atoms with Crippen molar-refractivity contribution in [2.45, 2.75) is 18.8 Å². The summed E-state index contributed by atoms with van der Waals surface area (Å²) in [6.07, 6.45) is 3.70. The van der Waals surface area contributed by atoms with E-state index in [4.69, 9.17) is 5.26 Å². The number of aryl methyl sites for hydroxylation is 1. The van der Waals surface area contributed by atoms with Crippen molar-refractivity contribution in [2.24, 2.45) is 0 Å². The lowest BCUT2D eigenvalue weighted by Crippen LogP contribution is -1.88. The first-order valence-electron chi connectivity index (χ1n) is 3.75. The molecule has 0 saturated heterocycles. The molecule has 0 amide bonds. The Morgan fingerprint density at radius 2 is 2.55 bits per heavy atom. The summed E-state index contributed by atoms with van der Waals surface area (Å²) < 4.78 is 0. The number of rotatable bonds is 0. The Morgan fingerprint density at radius 1 is 1.64 bits per heavy atom. The average molecular weight is 144 g/mol. The van der Waals surface area contributed by atoms with E-state index in [1.807, 2.05) is 12.1 Å². The Hall–Kier alpha value is -1.36. The highest BCUT2D eigenvalue weighted by atomic mass is 14.7. The van der Waals surface area contributed by atoms with Crippen molar-refractivity contribution in [1.82, 2.24) is 4.98 Å². The molecule has 0 unspecified atom stereocenters. The van der Waals surface area contributed by atoms with Crippen molar-refractivity contribution < 1.29 is 0 Å². The summed E-state index contributed by atoms with van der Waals surface area (Å²) in [5.74, 6) is 0.0960. The summed E-state index contributed by atoms with van der Waals surface area (Å²) in [6, 6.07) is 6.18. The van der Waals surface area contributed by atoms with E-state index < -0.39 is 0 Å². The van der Waals surface area contributed by atoms with Crippen molar-refractivity contribution >= 4 is 0 Å². The van der Waals surface area contributed by atoms with Gasteiger partial charge < -0.3 is 0 Å². The van der Waals surface area contributed by atoms with Crippen LogP contribution in [0.4, 0.5) is 0 Å². The van der Waals surface area contributed by atoms with Gasteiger partial charge in [-0.2, -0.15) is 5.26 Å². The summed E-state index contributed by atoms with van der Waals surface area (Å²) in [5, 5.41) is 8.74. The molecule has 0 fully saturated rings. The molecule has 11 heavy (non-hydrogen) atoms. The van der Waals surface area contributed by atoms with Gasteiger partial charge in [0.15, 0.2) is 0 Å². The molecule has 1 aromatic heterocycles. The van der Waals surface area contributed by atoms with Crippen LogP contribution in [-0.2, 0) is 6.42 Å². The predicted molar refractivity (Wildman–Crippen MR) is 40.9 cm³/mol. The second-order valence-electron chi connectivity index (χ2n) is 2.76. The standard InChI is InChI=1S/C9H8N2/c10-6-7-3-4-9-8(7)2-1-5-11-9/h1-2,5,7H,3-4H2/t7-/m1/s1. The van der Waals surface area contributed by atoms with Crippen molar-refractivity contribution in [3.05, 3.63) is 29.6 Å². The van der Waals surface area contributed by atoms with Gasteiger partial charge in [-0.25, -0.2) is 0 Å². The number of fused-ring (bicyclic) bond motifs is 1. The molecule has 1 atom stereocenters. The lowest BCUT2D eigenvalue weighted by Gasteiger charge is -1.98. The van der Waals surface area contributed by atoms with Gasteiger partial charge in [0, 0.05) is 11.9 Å². The Bertz CT molecular complexity index is 312. The number of nitriles is 1. The van der Waals surface area contributed by atoms with Gasteiger partial charge in [0.25, 0.3) is 0 Å². The van der Waals surface area contributed by atoms with Crippen LogP contribution in [0.15, 0.2) is 18.3 Å². The van der Waals surface area contributed by atoms with Crippen LogP contribution in [0.2, 0.25) is 0 Å². The van der Waals surface area contributed by atoms with Crippen LogP contribution in [0.5, 0.6) is 0 Å². The third kappa shape index (κ3) is 0.894. The fourth-order valence-corrected chi connectivity index (χ4v) is 1.55. The summed E-state index contributed by atoms with van der Waals surface area (Å²) in [4.78, 5) is 4.21. The molecule has 0 aliphatic heterocycles. The Morgan fingerprint density at radius 3 is 3.36 bits per heavy atom. The molecule has 1 heterocycles. The van der Waals surface area contributed by atoms with Crippen LogP contribution in [0.25, 0.3) is 0 Å². The van der Waals surface area contributed by atoms with Gasteiger partial charge in [0.1, 0.15) is 0 Å². The van der Waals surface area contributed by atoms with Gasteiger partial charge in [0.05, 0.1) is 12.0 Å². The zero-order chi connectivity index (χ0) is 7.68. The second-order valence-corrected chi connectivity index (χ2v) is 2.76. The van der Waals surface area contributed by atoms with Gasteiger partial charge in [-0.05, 0) is 24.5 Å². The van der Waals surface area contributed by atoms with Gasteiger partial charge >= 0.3 is 0 Å². The van der Waals surface area contributed by atoms with Crippen LogP contribution in [0.1, 0.15) is 23.6 Å². The van der Waals surface area contributed by atoms with E-state index >= 15 is 0 Å². The molecule has 0 bridgehead atoms. The van der Waals surface area contributed by atoms with Crippen molar-refractivity contribution in [1.29, 1.82) is 5.26 Å². The Labute approximate surface area is 65.5 Å². The van der Waals surface area contributed by atoms with E-state index in [2.05, 4.69) is 11.1 Å². The topological polar surface area (TPSA) is 36.7 Å². The normalized spacial score (nSPS) is 20.8. The van der Waals surface area contributed by atoms with E-state index in [1.165, 1.54) is 0 Å². The molecule has 0 aromatic carbocycles. The SMILES string of the molecule is N#C[C@H]1CCc2ncccc21. The molecule has 1 aromatic rings.